The second kappa shape index (κ2) is 8.91. The first-order chi connectivity index (χ1) is 14.2. The van der Waals surface area contributed by atoms with Crippen molar-refractivity contribution in [1.82, 2.24) is 15.3 Å². The Morgan fingerprint density at radius 2 is 1.79 bits per heavy atom. The fourth-order valence-electron chi connectivity index (χ4n) is 3.25. The normalized spacial score (nSPS) is 14.1. The molecule has 29 heavy (non-hydrogen) atoms. The molecule has 150 valence electrons. The monoisotopic (exact) mass is 409 g/mol. The van der Waals surface area contributed by atoms with Crippen molar-refractivity contribution in [1.29, 1.82) is 0 Å². The predicted molar refractivity (Wildman–Crippen MR) is 115 cm³/mol. The summed E-state index contributed by atoms with van der Waals surface area (Å²) in [6.45, 7) is 4.01. The van der Waals surface area contributed by atoms with E-state index in [0.717, 1.165) is 42.7 Å². The SMILES string of the molecule is O=C(NCCc1ccc(O)cc1)c1cnc(N2CCN(c3ccccn3)CC2)s1. The van der Waals surface area contributed by atoms with E-state index in [9.17, 15) is 9.90 Å². The van der Waals surface area contributed by atoms with Crippen molar-refractivity contribution < 1.29 is 9.90 Å². The largest absolute Gasteiger partial charge is 0.508 e. The van der Waals surface area contributed by atoms with E-state index in [1.54, 1.807) is 18.3 Å². The van der Waals surface area contributed by atoms with Gasteiger partial charge in [0.25, 0.3) is 5.91 Å². The van der Waals surface area contributed by atoms with E-state index in [4.69, 9.17) is 0 Å². The van der Waals surface area contributed by atoms with Gasteiger partial charge in [0.15, 0.2) is 5.13 Å². The minimum Gasteiger partial charge on any atom is -0.508 e. The van der Waals surface area contributed by atoms with Crippen LogP contribution >= 0.6 is 11.3 Å². The van der Waals surface area contributed by atoms with Crippen LogP contribution in [0.2, 0.25) is 0 Å². The number of hydrogen-bond acceptors (Lipinski definition) is 7. The van der Waals surface area contributed by atoms with Gasteiger partial charge < -0.3 is 20.2 Å². The number of thiazole rings is 1. The topological polar surface area (TPSA) is 81.6 Å². The van der Waals surface area contributed by atoms with Gasteiger partial charge >= 0.3 is 0 Å². The number of nitrogens with zero attached hydrogens (tertiary/aromatic N) is 4. The third-order valence-corrected chi connectivity index (χ3v) is 5.93. The van der Waals surface area contributed by atoms with E-state index >= 15 is 0 Å². The highest BCUT2D eigenvalue weighted by Crippen LogP contribution is 2.24. The van der Waals surface area contributed by atoms with Crippen LogP contribution in [0.1, 0.15) is 15.2 Å². The van der Waals surface area contributed by atoms with Crippen molar-refractivity contribution in [3.63, 3.8) is 0 Å². The molecule has 0 bridgehead atoms. The fraction of sp³-hybridized carbons (Fsp3) is 0.286. The standard InChI is InChI=1S/C21H23N5O2S/c27-17-6-4-16(5-7-17)8-10-23-20(28)18-15-24-21(29-18)26-13-11-25(12-14-26)19-3-1-2-9-22-19/h1-7,9,15,27H,8,10-14H2,(H,23,28). The third kappa shape index (κ3) is 4.83. The zero-order valence-electron chi connectivity index (χ0n) is 16.0. The van der Waals surface area contributed by atoms with Crippen molar-refractivity contribution >= 4 is 28.2 Å². The van der Waals surface area contributed by atoms with Crippen LogP contribution in [-0.4, -0.2) is 53.7 Å². The Bertz CT molecular complexity index is 937. The fourth-order valence-corrected chi connectivity index (χ4v) is 4.14. The lowest BCUT2D eigenvalue weighted by Gasteiger charge is -2.35. The molecular weight excluding hydrogens is 386 g/mol. The van der Waals surface area contributed by atoms with Crippen LogP contribution in [-0.2, 0) is 6.42 Å². The van der Waals surface area contributed by atoms with Crippen LogP contribution in [0.4, 0.5) is 10.9 Å². The van der Waals surface area contributed by atoms with Gasteiger partial charge in [0, 0.05) is 38.9 Å². The summed E-state index contributed by atoms with van der Waals surface area (Å²) in [5.74, 6) is 1.15. The highest BCUT2D eigenvalue weighted by Gasteiger charge is 2.21. The number of benzene rings is 1. The number of hydrogen-bond donors (Lipinski definition) is 2. The van der Waals surface area contributed by atoms with Crippen LogP contribution in [0.5, 0.6) is 5.75 Å². The molecule has 1 fully saturated rings. The maximum absolute atomic E-state index is 12.4. The molecule has 3 heterocycles. The molecule has 0 aliphatic carbocycles. The van der Waals surface area contributed by atoms with E-state index in [1.165, 1.54) is 11.3 Å². The summed E-state index contributed by atoms with van der Waals surface area (Å²) in [7, 11) is 0. The van der Waals surface area contributed by atoms with Gasteiger partial charge in [-0.1, -0.05) is 29.5 Å². The van der Waals surface area contributed by atoms with Gasteiger partial charge in [-0.05, 0) is 36.2 Å². The molecule has 1 aliphatic heterocycles. The molecule has 1 aromatic carbocycles. The van der Waals surface area contributed by atoms with Crippen LogP contribution in [0.15, 0.2) is 54.9 Å². The lowest BCUT2D eigenvalue weighted by Crippen LogP contribution is -2.46. The lowest BCUT2D eigenvalue weighted by molar-refractivity contribution is 0.0958. The number of aromatic hydroxyl groups is 1. The number of piperazine rings is 1. The Hall–Kier alpha value is -3.13. The number of carbonyl (C=O) groups excluding carboxylic acids is 1. The minimum absolute atomic E-state index is 0.0975. The number of phenolic OH excluding ortho intramolecular Hbond substituents is 1. The minimum atomic E-state index is -0.0975. The van der Waals surface area contributed by atoms with E-state index in [0.29, 0.717) is 17.8 Å². The van der Waals surface area contributed by atoms with E-state index in [1.807, 2.05) is 36.5 Å². The summed E-state index contributed by atoms with van der Waals surface area (Å²) in [5.41, 5.74) is 1.07. The van der Waals surface area contributed by atoms with Crippen molar-refractivity contribution in [3.05, 3.63) is 65.3 Å². The first-order valence-electron chi connectivity index (χ1n) is 9.62. The van der Waals surface area contributed by atoms with E-state index in [-0.39, 0.29) is 11.7 Å². The molecule has 0 saturated carbocycles. The predicted octanol–water partition coefficient (Wildman–Crippen LogP) is 2.54. The van der Waals surface area contributed by atoms with Crippen molar-refractivity contribution in [2.75, 3.05) is 42.5 Å². The molecule has 7 nitrogen and oxygen atoms in total. The number of aromatic nitrogens is 2. The number of phenols is 1. The van der Waals surface area contributed by atoms with Crippen LogP contribution in [0.3, 0.4) is 0 Å². The number of carbonyl (C=O) groups is 1. The summed E-state index contributed by atoms with van der Waals surface area (Å²) >= 11 is 1.43. The molecule has 1 aliphatic rings. The molecule has 1 saturated heterocycles. The molecular formula is C21H23N5O2S. The second-order valence-electron chi connectivity index (χ2n) is 6.84. The molecule has 0 atom stereocenters. The Morgan fingerprint density at radius 3 is 2.52 bits per heavy atom. The number of amides is 1. The summed E-state index contributed by atoms with van der Waals surface area (Å²) in [6, 6.07) is 13.0. The zero-order chi connectivity index (χ0) is 20.1. The van der Waals surface area contributed by atoms with E-state index < -0.39 is 0 Å². The first-order valence-corrected chi connectivity index (χ1v) is 10.4. The highest BCUT2D eigenvalue weighted by molar-refractivity contribution is 7.17. The average Bonchev–Trinajstić information content (AvgIpc) is 3.26. The smallest absolute Gasteiger partial charge is 0.263 e. The number of anilines is 2. The quantitative estimate of drug-likeness (QED) is 0.651. The summed E-state index contributed by atoms with van der Waals surface area (Å²) < 4.78 is 0. The molecule has 3 aromatic rings. The summed E-state index contributed by atoms with van der Waals surface area (Å²) in [6.07, 6.45) is 4.18. The van der Waals surface area contributed by atoms with Crippen molar-refractivity contribution in [3.8, 4) is 5.75 Å². The number of rotatable bonds is 6. The first kappa shape index (κ1) is 19.2. The molecule has 1 amide bonds. The van der Waals surface area contributed by atoms with Gasteiger partial charge in [0.05, 0.1) is 6.20 Å². The van der Waals surface area contributed by atoms with Gasteiger partial charge in [0.1, 0.15) is 16.4 Å². The van der Waals surface area contributed by atoms with Gasteiger partial charge in [0.2, 0.25) is 0 Å². The van der Waals surface area contributed by atoms with E-state index in [2.05, 4.69) is 25.1 Å². The third-order valence-electron chi connectivity index (χ3n) is 4.88. The molecule has 0 spiro atoms. The Kier molecular flexibility index (Phi) is 5.90. The van der Waals surface area contributed by atoms with Crippen molar-refractivity contribution in [2.45, 2.75) is 6.42 Å². The zero-order valence-corrected chi connectivity index (χ0v) is 16.8. The van der Waals surface area contributed by atoms with Gasteiger partial charge in [-0.2, -0.15) is 0 Å². The average molecular weight is 410 g/mol. The Morgan fingerprint density at radius 1 is 1.03 bits per heavy atom. The van der Waals surface area contributed by atoms with Crippen molar-refractivity contribution in [2.24, 2.45) is 0 Å². The molecule has 0 unspecified atom stereocenters. The highest BCUT2D eigenvalue weighted by atomic mass is 32.1. The lowest BCUT2D eigenvalue weighted by atomic mass is 10.1. The van der Waals surface area contributed by atoms with Gasteiger partial charge in [-0.25, -0.2) is 9.97 Å². The number of pyridine rings is 1. The molecule has 4 rings (SSSR count). The second-order valence-corrected chi connectivity index (χ2v) is 7.85. The Labute approximate surface area is 173 Å². The number of nitrogens with one attached hydrogen (secondary N) is 1. The maximum atomic E-state index is 12.4. The molecule has 2 aromatic heterocycles. The summed E-state index contributed by atoms with van der Waals surface area (Å²) in [4.78, 5) is 26.4. The summed E-state index contributed by atoms with van der Waals surface area (Å²) in [5, 5.41) is 13.1. The van der Waals surface area contributed by atoms with Gasteiger partial charge in [-0.15, -0.1) is 0 Å². The van der Waals surface area contributed by atoms with Crippen LogP contribution < -0.4 is 15.1 Å². The van der Waals surface area contributed by atoms with Crippen LogP contribution in [0.25, 0.3) is 0 Å². The molecule has 2 N–H and O–H groups in total. The Balaban J connectivity index is 1.27. The molecule has 8 heteroatoms. The molecule has 0 radical (unpaired) electrons. The maximum Gasteiger partial charge on any atom is 0.263 e. The van der Waals surface area contributed by atoms with Crippen LogP contribution in [0, 0.1) is 0 Å². The van der Waals surface area contributed by atoms with Gasteiger partial charge in [-0.3, -0.25) is 4.79 Å².